The largest absolute Gasteiger partial charge is 0.387 e. The molecule has 2 aliphatic rings. The van der Waals surface area contributed by atoms with Gasteiger partial charge in [0, 0.05) is 19.1 Å². The Hall–Kier alpha value is -0.860. The molecule has 1 aromatic rings. The van der Waals surface area contributed by atoms with E-state index in [2.05, 4.69) is 36.1 Å². The molecule has 0 aliphatic heterocycles. The maximum absolute atomic E-state index is 10.5. The van der Waals surface area contributed by atoms with Crippen molar-refractivity contribution in [3.63, 3.8) is 0 Å². The molecule has 3 rings (SSSR count). The smallest absolute Gasteiger partial charge is 0.0917 e. The van der Waals surface area contributed by atoms with Crippen molar-refractivity contribution >= 4 is 0 Å². The fourth-order valence-electron chi connectivity index (χ4n) is 2.97. The van der Waals surface area contributed by atoms with E-state index >= 15 is 0 Å². The predicted octanol–water partition coefficient (Wildman–Crippen LogP) is 3.55. The Morgan fingerprint density at radius 2 is 1.85 bits per heavy atom. The van der Waals surface area contributed by atoms with Gasteiger partial charge in [-0.25, -0.2) is 0 Å². The van der Waals surface area contributed by atoms with Crippen molar-refractivity contribution in [3.8, 4) is 0 Å². The van der Waals surface area contributed by atoms with Crippen LogP contribution in [0, 0.1) is 5.92 Å². The monoisotopic (exact) mass is 273 g/mol. The van der Waals surface area contributed by atoms with Crippen LogP contribution in [-0.4, -0.2) is 29.1 Å². The van der Waals surface area contributed by atoms with Gasteiger partial charge < -0.3 is 5.11 Å². The molecule has 2 aliphatic carbocycles. The quantitative estimate of drug-likeness (QED) is 0.783. The van der Waals surface area contributed by atoms with E-state index in [0.717, 1.165) is 30.5 Å². The Kier molecular flexibility index (Phi) is 4.42. The molecule has 0 aromatic heterocycles. The maximum Gasteiger partial charge on any atom is 0.0917 e. The minimum atomic E-state index is -0.329. The molecule has 1 atom stereocenters. The van der Waals surface area contributed by atoms with Crippen LogP contribution in [0.25, 0.3) is 0 Å². The number of benzene rings is 1. The van der Waals surface area contributed by atoms with Gasteiger partial charge in [-0.3, -0.25) is 4.90 Å². The van der Waals surface area contributed by atoms with Gasteiger partial charge in [0.25, 0.3) is 0 Å². The fraction of sp³-hybridized carbons (Fsp3) is 0.667. The number of aliphatic hydroxyl groups excluding tert-OH is 1. The summed E-state index contributed by atoms with van der Waals surface area (Å²) < 4.78 is 0. The van der Waals surface area contributed by atoms with Gasteiger partial charge in [-0.05, 0) is 49.1 Å². The van der Waals surface area contributed by atoms with Crippen molar-refractivity contribution in [3.05, 3.63) is 35.4 Å². The van der Waals surface area contributed by atoms with E-state index in [4.69, 9.17) is 0 Å². The van der Waals surface area contributed by atoms with Crippen LogP contribution in [0.2, 0.25) is 0 Å². The molecular weight excluding hydrogens is 246 g/mol. The third-order valence-electron chi connectivity index (χ3n) is 4.56. The average Bonchev–Trinajstić information content (AvgIpc) is 3.32. The first-order valence-electron chi connectivity index (χ1n) is 8.27. The molecule has 2 nitrogen and oxygen atoms in total. The van der Waals surface area contributed by atoms with Crippen molar-refractivity contribution in [2.24, 2.45) is 5.92 Å². The maximum atomic E-state index is 10.5. The van der Waals surface area contributed by atoms with E-state index in [9.17, 15) is 5.11 Å². The molecule has 110 valence electrons. The molecular formula is C18H27NO. The van der Waals surface area contributed by atoms with Gasteiger partial charge in [-0.1, -0.05) is 37.6 Å². The van der Waals surface area contributed by atoms with E-state index in [0.29, 0.717) is 0 Å². The Bertz CT molecular complexity index is 420. The minimum absolute atomic E-state index is 0.329. The van der Waals surface area contributed by atoms with E-state index in [-0.39, 0.29) is 6.10 Å². The van der Waals surface area contributed by atoms with E-state index in [1.54, 1.807) is 0 Å². The lowest BCUT2D eigenvalue weighted by Gasteiger charge is -2.25. The molecule has 2 fully saturated rings. The Morgan fingerprint density at radius 1 is 1.15 bits per heavy atom. The van der Waals surface area contributed by atoms with Gasteiger partial charge >= 0.3 is 0 Å². The molecule has 0 spiro atoms. The molecule has 2 heteroatoms. The van der Waals surface area contributed by atoms with Gasteiger partial charge in [0.15, 0.2) is 0 Å². The minimum Gasteiger partial charge on any atom is -0.387 e. The van der Waals surface area contributed by atoms with Gasteiger partial charge in [-0.2, -0.15) is 0 Å². The molecule has 0 heterocycles. The van der Waals surface area contributed by atoms with Crippen LogP contribution < -0.4 is 0 Å². The standard InChI is InChI=1S/C18H27NO/c1-2-3-14-6-8-16(9-7-14)18(20)13-19(17-10-11-17)12-15-4-5-15/h6-9,15,17-18,20H,2-5,10-13H2,1H3. The first-order valence-corrected chi connectivity index (χ1v) is 8.27. The summed E-state index contributed by atoms with van der Waals surface area (Å²) in [6.07, 6.45) is 7.43. The van der Waals surface area contributed by atoms with Crippen LogP contribution in [0.5, 0.6) is 0 Å². The molecule has 1 aromatic carbocycles. The lowest BCUT2D eigenvalue weighted by atomic mass is 10.0. The van der Waals surface area contributed by atoms with Crippen molar-refractivity contribution in [2.75, 3.05) is 13.1 Å². The van der Waals surface area contributed by atoms with Crippen LogP contribution in [0.15, 0.2) is 24.3 Å². The van der Waals surface area contributed by atoms with Crippen molar-refractivity contribution in [1.29, 1.82) is 0 Å². The first kappa shape index (κ1) is 14.1. The van der Waals surface area contributed by atoms with Gasteiger partial charge in [0.05, 0.1) is 6.10 Å². The predicted molar refractivity (Wildman–Crippen MR) is 82.7 cm³/mol. The van der Waals surface area contributed by atoms with E-state index in [1.165, 1.54) is 44.2 Å². The van der Waals surface area contributed by atoms with Crippen LogP contribution >= 0.6 is 0 Å². The summed E-state index contributed by atoms with van der Waals surface area (Å²) in [5.41, 5.74) is 2.45. The zero-order chi connectivity index (χ0) is 13.9. The Labute approximate surface area is 122 Å². The third-order valence-corrected chi connectivity index (χ3v) is 4.56. The molecule has 0 saturated heterocycles. The number of aryl methyl sites for hydroxylation is 1. The number of nitrogens with zero attached hydrogens (tertiary/aromatic N) is 1. The highest BCUT2D eigenvalue weighted by Gasteiger charge is 2.34. The molecule has 2 saturated carbocycles. The highest BCUT2D eigenvalue weighted by Crippen LogP contribution is 2.35. The van der Waals surface area contributed by atoms with Gasteiger partial charge in [0.1, 0.15) is 0 Å². The topological polar surface area (TPSA) is 23.5 Å². The zero-order valence-corrected chi connectivity index (χ0v) is 12.6. The molecule has 0 bridgehead atoms. The van der Waals surface area contributed by atoms with Crippen LogP contribution in [0.4, 0.5) is 0 Å². The van der Waals surface area contributed by atoms with Crippen molar-refractivity contribution in [2.45, 2.75) is 57.6 Å². The second-order valence-electron chi connectivity index (χ2n) is 6.64. The Balaban J connectivity index is 1.57. The van der Waals surface area contributed by atoms with Crippen LogP contribution in [0.3, 0.4) is 0 Å². The summed E-state index contributed by atoms with van der Waals surface area (Å²) in [6.45, 7) is 4.22. The second-order valence-corrected chi connectivity index (χ2v) is 6.64. The summed E-state index contributed by atoms with van der Waals surface area (Å²) in [4.78, 5) is 2.53. The zero-order valence-electron chi connectivity index (χ0n) is 12.6. The van der Waals surface area contributed by atoms with Crippen molar-refractivity contribution < 1.29 is 5.11 Å². The molecule has 1 unspecified atom stereocenters. The first-order chi connectivity index (χ1) is 9.76. The van der Waals surface area contributed by atoms with E-state index < -0.39 is 0 Å². The molecule has 20 heavy (non-hydrogen) atoms. The number of hydrogen-bond acceptors (Lipinski definition) is 2. The summed E-state index contributed by atoms with van der Waals surface area (Å²) in [5, 5.41) is 10.5. The summed E-state index contributed by atoms with van der Waals surface area (Å²) in [6, 6.07) is 9.31. The number of aliphatic hydroxyl groups is 1. The SMILES string of the molecule is CCCc1ccc(C(O)CN(CC2CC2)C2CC2)cc1. The summed E-state index contributed by atoms with van der Waals surface area (Å²) in [5.74, 6) is 0.912. The number of rotatable bonds is 8. The summed E-state index contributed by atoms with van der Waals surface area (Å²) in [7, 11) is 0. The molecule has 0 radical (unpaired) electrons. The normalized spacial score (nSPS) is 20.4. The lowest BCUT2D eigenvalue weighted by Crippen LogP contribution is -2.32. The highest BCUT2D eigenvalue weighted by molar-refractivity contribution is 5.24. The fourth-order valence-corrected chi connectivity index (χ4v) is 2.97. The highest BCUT2D eigenvalue weighted by atomic mass is 16.3. The Morgan fingerprint density at radius 3 is 2.40 bits per heavy atom. The van der Waals surface area contributed by atoms with Crippen LogP contribution in [-0.2, 0) is 6.42 Å². The van der Waals surface area contributed by atoms with E-state index in [1.807, 2.05) is 0 Å². The third kappa shape index (κ3) is 3.83. The van der Waals surface area contributed by atoms with Gasteiger partial charge in [-0.15, -0.1) is 0 Å². The molecule has 1 N–H and O–H groups in total. The van der Waals surface area contributed by atoms with Crippen LogP contribution in [0.1, 0.15) is 56.3 Å². The van der Waals surface area contributed by atoms with Gasteiger partial charge in [0.2, 0.25) is 0 Å². The average molecular weight is 273 g/mol. The second kappa shape index (κ2) is 6.28. The lowest BCUT2D eigenvalue weighted by molar-refractivity contribution is 0.106. The number of hydrogen-bond donors (Lipinski definition) is 1. The summed E-state index contributed by atoms with van der Waals surface area (Å²) >= 11 is 0. The molecule has 0 amide bonds. The van der Waals surface area contributed by atoms with Crippen molar-refractivity contribution in [1.82, 2.24) is 4.90 Å².